The average molecular weight is 315 g/mol. The van der Waals surface area contributed by atoms with Crippen LogP contribution in [0.2, 0.25) is 0 Å². The fraction of sp³-hybridized carbons (Fsp3) is 0.526. The zero-order chi connectivity index (χ0) is 16.2. The molecule has 0 amide bonds. The summed E-state index contributed by atoms with van der Waals surface area (Å²) in [6.45, 7) is 4.47. The van der Waals surface area contributed by atoms with Crippen molar-refractivity contribution in [2.75, 3.05) is 6.61 Å². The van der Waals surface area contributed by atoms with Gasteiger partial charge in [0.05, 0.1) is 18.6 Å². The molecule has 1 heterocycles. The Morgan fingerprint density at radius 3 is 2.74 bits per heavy atom. The van der Waals surface area contributed by atoms with Crippen LogP contribution in [0.4, 0.5) is 0 Å². The van der Waals surface area contributed by atoms with Crippen molar-refractivity contribution in [2.45, 2.75) is 51.6 Å². The van der Waals surface area contributed by atoms with Gasteiger partial charge in [-0.05, 0) is 51.7 Å². The van der Waals surface area contributed by atoms with Gasteiger partial charge in [0.15, 0.2) is 0 Å². The van der Waals surface area contributed by atoms with Crippen LogP contribution in [0.25, 0.3) is 11.0 Å². The molecule has 3 rings (SSSR count). The summed E-state index contributed by atoms with van der Waals surface area (Å²) in [5.74, 6) is 1.02. The maximum atomic E-state index is 11.8. The zero-order valence-corrected chi connectivity index (χ0v) is 13.9. The maximum absolute atomic E-state index is 11.8. The molecule has 1 atom stereocenters. The van der Waals surface area contributed by atoms with Crippen molar-refractivity contribution in [1.29, 1.82) is 0 Å². The van der Waals surface area contributed by atoms with Gasteiger partial charge < -0.3 is 14.5 Å². The van der Waals surface area contributed by atoms with E-state index in [9.17, 15) is 4.79 Å². The van der Waals surface area contributed by atoms with E-state index in [1.165, 1.54) is 0 Å². The van der Waals surface area contributed by atoms with Crippen LogP contribution in [0.5, 0.6) is 0 Å². The first kappa shape index (κ1) is 16.1. The second-order valence-corrected chi connectivity index (χ2v) is 6.38. The van der Waals surface area contributed by atoms with Gasteiger partial charge in [0.25, 0.3) is 0 Å². The normalized spacial score (nSPS) is 22.9. The van der Waals surface area contributed by atoms with Crippen LogP contribution in [0.1, 0.15) is 51.3 Å². The number of carbonyl (C=O) groups excluding carboxylic acids is 1. The monoisotopic (exact) mass is 315 g/mol. The van der Waals surface area contributed by atoms with Crippen LogP contribution in [0, 0.1) is 5.92 Å². The van der Waals surface area contributed by atoms with Crippen LogP contribution in [0.3, 0.4) is 0 Å². The fourth-order valence-electron chi connectivity index (χ4n) is 3.41. The molecule has 0 radical (unpaired) electrons. The Morgan fingerprint density at radius 1 is 1.30 bits per heavy atom. The summed E-state index contributed by atoms with van der Waals surface area (Å²) in [7, 11) is 0. The lowest BCUT2D eigenvalue weighted by Gasteiger charge is -2.29. The van der Waals surface area contributed by atoms with E-state index >= 15 is 0 Å². The second-order valence-electron chi connectivity index (χ2n) is 6.38. The highest BCUT2D eigenvalue weighted by Crippen LogP contribution is 2.29. The van der Waals surface area contributed by atoms with Gasteiger partial charge in [0.1, 0.15) is 11.3 Å². The highest BCUT2D eigenvalue weighted by atomic mass is 16.5. The number of hydrogen-bond acceptors (Lipinski definition) is 4. The minimum absolute atomic E-state index is 0.0312. The Hall–Kier alpha value is -1.81. The number of esters is 1. The lowest BCUT2D eigenvalue weighted by atomic mass is 9.86. The van der Waals surface area contributed by atoms with Gasteiger partial charge in [-0.3, -0.25) is 4.79 Å². The molecule has 1 unspecified atom stereocenters. The molecule has 0 aliphatic heterocycles. The maximum Gasteiger partial charge on any atom is 0.308 e. The summed E-state index contributed by atoms with van der Waals surface area (Å²) in [6, 6.07) is 10.8. The SMILES string of the molecule is CCOC(=O)C1CCC(NC(C)c2cc3ccccc3o2)CC1. The fourth-order valence-corrected chi connectivity index (χ4v) is 3.41. The van der Waals surface area contributed by atoms with Crippen molar-refractivity contribution >= 4 is 16.9 Å². The van der Waals surface area contributed by atoms with Crippen LogP contribution in [-0.4, -0.2) is 18.6 Å². The summed E-state index contributed by atoms with van der Waals surface area (Å²) < 4.78 is 11.1. The number of benzene rings is 1. The molecule has 0 saturated heterocycles. The summed E-state index contributed by atoms with van der Waals surface area (Å²) in [6.07, 6.45) is 3.83. The number of para-hydroxylation sites is 1. The highest BCUT2D eigenvalue weighted by Gasteiger charge is 2.28. The molecule has 1 fully saturated rings. The van der Waals surface area contributed by atoms with E-state index < -0.39 is 0 Å². The van der Waals surface area contributed by atoms with Crippen LogP contribution < -0.4 is 5.32 Å². The molecule has 23 heavy (non-hydrogen) atoms. The summed E-state index contributed by atoms with van der Waals surface area (Å²) in [5, 5.41) is 4.78. The highest BCUT2D eigenvalue weighted by molar-refractivity contribution is 5.77. The number of hydrogen-bond donors (Lipinski definition) is 1. The molecule has 1 aromatic carbocycles. The topological polar surface area (TPSA) is 51.5 Å². The number of nitrogens with one attached hydrogen (secondary N) is 1. The molecule has 2 aromatic rings. The predicted octanol–water partition coefficient (Wildman–Crippen LogP) is 4.21. The summed E-state index contributed by atoms with van der Waals surface area (Å²) in [5.41, 5.74) is 0.933. The van der Waals surface area contributed by atoms with Crippen molar-refractivity contribution in [3.05, 3.63) is 36.1 Å². The number of carbonyl (C=O) groups is 1. The van der Waals surface area contributed by atoms with Gasteiger partial charge in [-0.2, -0.15) is 0 Å². The first-order valence-electron chi connectivity index (χ1n) is 8.58. The molecule has 0 spiro atoms. The molecule has 1 aliphatic rings. The van der Waals surface area contributed by atoms with Crippen molar-refractivity contribution in [3.63, 3.8) is 0 Å². The predicted molar refractivity (Wildman–Crippen MR) is 90.1 cm³/mol. The minimum Gasteiger partial charge on any atom is -0.466 e. The molecule has 1 saturated carbocycles. The summed E-state index contributed by atoms with van der Waals surface area (Å²) in [4.78, 5) is 11.8. The number of rotatable bonds is 5. The van der Waals surface area contributed by atoms with E-state index in [4.69, 9.17) is 9.15 Å². The van der Waals surface area contributed by atoms with Gasteiger partial charge in [0.2, 0.25) is 0 Å². The number of ether oxygens (including phenoxy) is 1. The quantitative estimate of drug-likeness (QED) is 0.840. The largest absolute Gasteiger partial charge is 0.466 e. The molecule has 124 valence electrons. The standard InChI is InChI=1S/C19H25NO3/c1-3-22-19(21)14-8-10-16(11-9-14)20-13(2)18-12-15-6-4-5-7-17(15)23-18/h4-7,12-14,16,20H,3,8-11H2,1-2H3. The lowest BCUT2D eigenvalue weighted by Crippen LogP contribution is -2.36. The Labute approximate surface area is 137 Å². The Bertz CT molecular complexity index is 622. The van der Waals surface area contributed by atoms with Gasteiger partial charge in [-0.15, -0.1) is 0 Å². The third-order valence-electron chi connectivity index (χ3n) is 4.70. The Balaban J connectivity index is 1.55. The molecule has 0 bridgehead atoms. The third-order valence-corrected chi connectivity index (χ3v) is 4.70. The smallest absolute Gasteiger partial charge is 0.308 e. The van der Waals surface area contributed by atoms with E-state index in [-0.39, 0.29) is 17.9 Å². The first-order chi connectivity index (χ1) is 11.2. The van der Waals surface area contributed by atoms with E-state index in [1.54, 1.807) is 0 Å². The lowest BCUT2D eigenvalue weighted by molar-refractivity contribution is -0.149. The van der Waals surface area contributed by atoms with Crippen LogP contribution >= 0.6 is 0 Å². The van der Waals surface area contributed by atoms with E-state index in [0.29, 0.717) is 12.6 Å². The van der Waals surface area contributed by atoms with Crippen LogP contribution in [0.15, 0.2) is 34.7 Å². The second kappa shape index (κ2) is 7.18. The van der Waals surface area contributed by atoms with Gasteiger partial charge in [-0.25, -0.2) is 0 Å². The van der Waals surface area contributed by atoms with Crippen LogP contribution in [-0.2, 0) is 9.53 Å². The van der Waals surface area contributed by atoms with E-state index in [0.717, 1.165) is 42.4 Å². The van der Waals surface area contributed by atoms with E-state index in [1.807, 2.05) is 25.1 Å². The molecule has 1 aliphatic carbocycles. The average Bonchev–Trinajstić information content (AvgIpc) is 3.00. The van der Waals surface area contributed by atoms with Gasteiger partial charge in [-0.1, -0.05) is 18.2 Å². The third kappa shape index (κ3) is 3.75. The molecule has 1 aromatic heterocycles. The molecular formula is C19H25NO3. The first-order valence-corrected chi connectivity index (χ1v) is 8.58. The number of fused-ring (bicyclic) bond motifs is 1. The van der Waals surface area contributed by atoms with Gasteiger partial charge >= 0.3 is 5.97 Å². The zero-order valence-electron chi connectivity index (χ0n) is 13.9. The molecule has 4 heteroatoms. The van der Waals surface area contributed by atoms with E-state index in [2.05, 4.69) is 24.4 Å². The van der Waals surface area contributed by atoms with Crippen molar-refractivity contribution in [3.8, 4) is 0 Å². The molecule has 1 N–H and O–H groups in total. The van der Waals surface area contributed by atoms with Gasteiger partial charge in [0, 0.05) is 11.4 Å². The molecule has 4 nitrogen and oxygen atoms in total. The Morgan fingerprint density at radius 2 is 2.04 bits per heavy atom. The summed E-state index contributed by atoms with van der Waals surface area (Å²) >= 11 is 0. The minimum atomic E-state index is -0.0312. The Kier molecular flexibility index (Phi) is 5.01. The number of furan rings is 1. The molecular weight excluding hydrogens is 290 g/mol. The van der Waals surface area contributed by atoms with Crippen molar-refractivity contribution < 1.29 is 13.9 Å². The van der Waals surface area contributed by atoms with Crippen molar-refractivity contribution in [1.82, 2.24) is 5.32 Å². The van der Waals surface area contributed by atoms with Crippen molar-refractivity contribution in [2.24, 2.45) is 5.92 Å².